The van der Waals surface area contributed by atoms with Crippen molar-refractivity contribution in [1.29, 1.82) is 0 Å². The quantitative estimate of drug-likeness (QED) is 0.422. The molecule has 6 heteroatoms. The Kier molecular flexibility index (Phi) is 8.38. The molecule has 3 aliphatic rings. The third-order valence-electron chi connectivity index (χ3n) is 5.93. The summed E-state index contributed by atoms with van der Waals surface area (Å²) in [4.78, 5) is 0. The molecule has 3 heterocycles. The van der Waals surface area contributed by atoms with E-state index in [1.165, 1.54) is 51.4 Å². The van der Waals surface area contributed by atoms with Crippen LogP contribution in [0.1, 0.15) is 92.4 Å². The van der Waals surface area contributed by atoms with Gasteiger partial charge in [-0.15, -0.1) is 0 Å². The van der Waals surface area contributed by atoms with Gasteiger partial charge in [-0.05, 0) is 34.1 Å². The van der Waals surface area contributed by atoms with Crippen molar-refractivity contribution in [3.05, 3.63) is 0 Å². The van der Waals surface area contributed by atoms with Crippen LogP contribution in [0.5, 0.6) is 0 Å². The summed E-state index contributed by atoms with van der Waals surface area (Å²) in [7, 11) is 0. The Morgan fingerprint density at radius 2 is 1.21 bits per heavy atom. The monoisotopic (exact) mass is 414 g/mol. The predicted molar refractivity (Wildman–Crippen MR) is 111 cm³/mol. The topological polar surface area (TPSA) is 55.4 Å². The van der Waals surface area contributed by atoms with E-state index < -0.39 is 17.9 Å². The molecular formula is C23H42O6. The molecule has 0 aromatic rings. The lowest BCUT2D eigenvalue weighted by Gasteiger charge is -2.37. The summed E-state index contributed by atoms with van der Waals surface area (Å²) in [5.41, 5.74) is 0. The minimum Gasteiger partial charge on any atom is -0.379 e. The second kappa shape index (κ2) is 10.4. The Bertz CT molecular complexity index is 494. The molecule has 29 heavy (non-hydrogen) atoms. The van der Waals surface area contributed by atoms with E-state index in [0.717, 1.165) is 13.0 Å². The van der Waals surface area contributed by atoms with Gasteiger partial charge in [0.15, 0.2) is 17.9 Å². The molecule has 0 saturated carbocycles. The van der Waals surface area contributed by atoms with Crippen molar-refractivity contribution in [2.45, 2.75) is 135 Å². The molecule has 0 aromatic heterocycles. The standard InChI is InChI=1S/C23H42O6/c1-6-7-8-9-10-11-12-13-14-15-24-16-17-18-19(27-22(2,3)26-18)20-21(25-17)29-23(4,5)28-20/h17-21H,6-16H2,1-5H3. The second-order valence-corrected chi connectivity index (χ2v) is 9.61. The summed E-state index contributed by atoms with van der Waals surface area (Å²) < 4.78 is 36.3. The number of unbranched alkanes of at least 4 members (excludes halogenated alkanes) is 8. The van der Waals surface area contributed by atoms with E-state index in [9.17, 15) is 0 Å². The zero-order valence-electron chi connectivity index (χ0n) is 19.1. The zero-order chi connectivity index (χ0) is 20.9. The minimum atomic E-state index is -0.678. The van der Waals surface area contributed by atoms with Gasteiger partial charge in [-0.1, -0.05) is 58.3 Å². The van der Waals surface area contributed by atoms with Crippen molar-refractivity contribution in [3.8, 4) is 0 Å². The normalized spacial score (nSPS) is 34.9. The van der Waals surface area contributed by atoms with Crippen LogP contribution in [-0.4, -0.2) is 55.5 Å². The average Bonchev–Trinajstić information content (AvgIpc) is 3.13. The fraction of sp³-hybridized carbons (Fsp3) is 1.00. The van der Waals surface area contributed by atoms with Crippen LogP contribution in [0.15, 0.2) is 0 Å². The molecule has 0 bridgehead atoms. The molecule has 170 valence electrons. The Morgan fingerprint density at radius 3 is 1.90 bits per heavy atom. The first-order valence-electron chi connectivity index (χ1n) is 11.8. The summed E-state index contributed by atoms with van der Waals surface area (Å²) >= 11 is 0. The van der Waals surface area contributed by atoms with Gasteiger partial charge in [-0.3, -0.25) is 0 Å². The Balaban J connectivity index is 1.35. The van der Waals surface area contributed by atoms with Crippen LogP contribution in [0.25, 0.3) is 0 Å². The molecule has 0 spiro atoms. The van der Waals surface area contributed by atoms with Crippen LogP contribution in [0.3, 0.4) is 0 Å². The van der Waals surface area contributed by atoms with Crippen molar-refractivity contribution in [3.63, 3.8) is 0 Å². The lowest BCUT2D eigenvalue weighted by atomic mass is 9.99. The van der Waals surface area contributed by atoms with E-state index >= 15 is 0 Å². The lowest BCUT2D eigenvalue weighted by molar-refractivity contribution is -0.243. The second-order valence-electron chi connectivity index (χ2n) is 9.61. The van der Waals surface area contributed by atoms with Crippen molar-refractivity contribution in [2.75, 3.05) is 13.2 Å². The van der Waals surface area contributed by atoms with Crippen LogP contribution in [-0.2, 0) is 28.4 Å². The van der Waals surface area contributed by atoms with E-state index in [1.807, 2.05) is 27.7 Å². The molecule has 0 aliphatic carbocycles. The number of ether oxygens (including phenoxy) is 6. The van der Waals surface area contributed by atoms with Gasteiger partial charge in [0.05, 0.1) is 6.61 Å². The fourth-order valence-corrected chi connectivity index (χ4v) is 4.54. The van der Waals surface area contributed by atoms with Crippen molar-refractivity contribution < 1.29 is 28.4 Å². The van der Waals surface area contributed by atoms with Crippen LogP contribution in [0.2, 0.25) is 0 Å². The number of hydrogen-bond donors (Lipinski definition) is 0. The molecule has 3 saturated heterocycles. The molecule has 5 unspecified atom stereocenters. The molecule has 0 amide bonds. The molecule has 0 aromatic carbocycles. The molecule has 5 atom stereocenters. The highest BCUT2D eigenvalue weighted by Gasteiger charge is 2.60. The average molecular weight is 415 g/mol. The van der Waals surface area contributed by atoms with Gasteiger partial charge in [0.25, 0.3) is 0 Å². The highest BCUT2D eigenvalue weighted by Crippen LogP contribution is 2.44. The molecule has 3 fully saturated rings. The van der Waals surface area contributed by atoms with Gasteiger partial charge in [-0.25, -0.2) is 0 Å². The maximum atomic E-state index is 6.17. The largest absolute Gasteiger partial charge is 0.379 e. The van der Waals surface area contributed by atoms with E-state index in [-0.39, 0.29) is 24.4 Å². The fourth-order valence-electron chi connectivity index (χ4n) is 4.54. The van der Waals surface area contributed by atoms with Crippen molar-refractivity contribution in [2.24, 2.45) is 0 Å². The molecule has 3 rings (SSSR count). The van der Waals surface area contributed by atoms with Gasteiger partial charge in [0, 0.05) is 6.61 Å². The Morgan fingerprint density at radius 1 is 0.655 bits per heavy atom. The van der Waals surface area contributed by atoms with Crippen molar-refractivity contribution in [1.82, 2.24) is 0 Å². The minimum absolute atomic E-state index is 0.202. The summed E-state index contributed by atoms with van der Waals surface area (Å²) in [5, 5.41) is 0. The third kappa shape index (κ3) is 6.62. The maximum absolute atomic E-state index is 6.17. The van der Waals surface area contributed by atoms with Crippen LogP contribution < -0.4 is 0 Å². The molecule has 3 aliphatic heterocycles. The summed E-state index contributed by atoms with van der Waals surface area (Å²) in [5.74, 6) is -1.33. The SMILES string of the molecule is CCCCCCCCCCCOCC1OC2OC(C)(C)OC2C2OC(C)(C)OC12. The van der Waals surface area contributed by atoms with Gasteiger partial charge < -0.3 is 28.4 Å². The van der Waals surface area contributed by atoms with Gasteiger partial charge in [0.2, 0.25) is 0 Å². The number of hydrogen-bond acceptors (Lipinski definition) is 6. The molecule has 0 radical (unpaired) electrons. The third-order valence-corrected chi connectivity index (χ3v) is 5.93. The summed E-state index contributed by atoms with van der Waals surface area (Å²) in [6, 6.07) is 0. The van der Waals surface area contributed by atoms with E-state index in [0.29, 0.717) is 6.61 Å². The lowest BCUT2D eigenvalue weighted by Crippen LogP contribution is -2.56. The maximum Gasteiger partial charge on any atom is 0.190 e. The first kappa shape index (κ1) is 23.4. The van der Waals surface area contributed by atoms with Gasteiger partial charge in [0.1, 0.15) is 24.4 Å². The summed E-state index contributed by atoms with van der Waals surface area (Å²) in [6.07, 6.45) is 10.5. The predicted octanol–water partition coefficient (Wildman–Crippen LogP) is 4.93. The number of rotatable bonds is 12. The first-order chi connectivity index (χ1) is 13.8. The highest BCUT2D eigenvalue weighted by atomic mass is 16.9. The molecule has 0 N–H and O–H groups in total. The van der Waals surface area contributed by atoms with Gasteiger partial charge in [-0.2, -0.15) is 0 Å². The first-order valence-corrected chi connectivity index (χ1v) is 11.8. The zero-order valence-corrected chi connectivity index (χ0v) is 19.1. The Hall–Kier alpha value is -0.240. The van der Waals surface area contributed by atoms with Crippen LogP contribution in [0, 0.1) is 0 Å². The van der Waals surface area contributed by atoms with Crippen molar-refractivity contribution >= 4 is 0 Å². The van der Waals surface area contributed by atoms with Crippen LogP contribution in [0.4, 0.5) is 0 Å². The molecule has 6 nitrogen and oxygen atoms in total. The van der Waals surface area contributed by atoms with E-state index in [4.69, 9.17) is 28.4 Å². The number of fused-ring (bicyclic) bond motifs is 3. The van der Waals surface area contributed by atoms with Gasteiger partial charge >= 0.3 is 0 Å². The Labute approximate surface area is 176 Å². The smallest absolute Gasteiger partial charge is 0.190 e. The van der Waals surface area contributed by atoms with E-state index in [2.05, 4.69) is 6.92 Å². The van der Waals surface area contributed by atoms with E-state index in [1.54, 1.807) is 0 Å². The highest BCUT2D eigenvalue weighted by molar-refractivity contribution is 5.00. The van der Waals surface area contributed by atoms with Crippen LogP contribution >= 0.6 is 0 Å². The molecular weight excluding hydrogens is 372 g/mol. The summed E-state index contributed by atoms with van der Waals surface area (Å²) in [6.45, 7) is 11.2.